The molecule has 2 heterocycles. The highest BCUT2D eigenvalue weighted by molar-refractivity contribution is 5.36. The third-order valence-corrected chi connectivity index (χ3v) is 3.41. The lowest BCUT2D eigenvalue weighted by Gasteiger charge is -2.12. The van der Waals surface area contributed by atoms with Gasteiger partial charge in [0.15, 0.2) is 0 Å². The van der Waals surface area contributed by atoms with Gasteiger partial charge in [-0.05, 0) is 26.7 Å². The van der Waals surface area contributed by atoms with Crippen LogP contribution in [0, 0.1) is 13.8 Å². The van der Waals surface area contributed by atoms with E-state index in [1.807, 2.05) is 39.2 Å². The van der Waals surface area contributed by atoms with Gasteiger partial charge in [0.05, 0.1) is 5.69 Å². The summed E-state index contributed by atoms with van der Waals surface area (Å²) in [6, 6.07) is 4.59. The van der Waals surface area contributed by atoms with E-state index in [2.05, 4.69) is 15.4 Å². The molecule has 5 nitrogen and oxygen atoms in total. The molecule has 0 amide bonds. The van der Waals surface area contributed by atoms with Gasteiger partial charge < -0.3 is 10.1 Å². The Hall–Kier alpha value is -1.88. The molecule has 0 bridgehead atoms. The lowest BCUT2D eigenvalue weighted by molar-refractivity contribution is 0.423. The lowest BCUT2D eigenvalue weighted by Crippen LogP contribution is -2.16. The third kappa shape index (κ3) is 2.99. The fourth-order valence-corrected chi connectivity index (χ4v) is 2.13. The van der Waals surface area contributed by atoms with Crippen molar-refractivity contribution >= 4 is 0 Å². The molecule has 5 heteroatoms. The Kier molecular flexibility index (Phi) is 3.44. The topological polar surface area (TPSA) is 52.0 Å². The van der Waals surface area contributed by atoms with Crippen LogP contribution in [-0.2, 0) is 13.6 Å². The first-order valence-corrected chi connectivity index (χ1v) is 6.99. The predicted molar refractivity (Wildman–Crippen MR) is 76.9 cm³/mol. The normalized spacial score (nSPS) is 14.6. The van der Waals surface area contributed by atoms with Crippen LogP contribution in [-0.4, -0.2) is 20.8 Å². The summed E-state index contributed by atoms with van der Waals surface area (Å²) in [6.07, 6.45) is 4.44. The first kappa shape index (κ1) is 13.1. The molecule has 3 rings (SSSR count). The maximum atomic E-state index is 6.02. The van der Waals surface area contributed by atoms with Gasteiger partial charge in [-0.3, -0.25) is 4.98 Å². The minimum atomic E-state index is 0.670. The van der Waals surface area contributed by atoms with Crippen molar-refractivity contribution < 1.29 is 4.74 Å². The Morgan fingerprint density at radius 2 is 2.10 bits per heavy atom. The van der Waals surface area contributed by atoms with Crippen molar-refractivity contribution in [1.29, 1.82) is 0 Å². The number of rotatable bonds is 5. The van der Waals surface area contributed by atoms with Crippen molar-refractivity contribution in [3.63, 3.8) is 0 Å². The largest absolute Gasteiger partial charge is 0.439 e. The quantitative estimate of drug-likeness (QED) is 0.908. The molecule has 0 atom stereocenters. The second-order valence-electron chi connectivity index (χ2n) is 5.44. The molecule has 1 N–H and O–H groups in total. The van der Waals surface area contributed by atoms with Crippen molar-refractivity contribution in [1.82, 2.24) is 20.1 Å². The van der Waals surface area contributed by atoms with Gasteiger partial charge in [0.25, 0.3) is 0 Å². The Balaban J connectivity index is 1.82. The minimum Gasteiger partial charge on any atom is -0.439 e. The summed E-state index contributed by atoms with van der Waals surface area (Å²) in [5, 5.41) is 7.80. The second-order valence-corrected chi connectivity index (χ2v) is 5.44. The zero-order valence-corrected chi connectivity index (χ0v) is 12.2. The van der Waals surface area contributed by atoms with Gasteiger partial charge in [0, 0.05) is 49.2 Å². The van der Waals surface area contributed by atoms with Crippen LogP contribution in [0.5, 0.6) is 11.6 Å². The van der Waals surface area contributed by atoms with Gasteiger partial charge in [0.1, 0.15) is 5.75 Å². The number of pyridine rings is 1. The van der Waals surface area contributed by atoms with Crippen LogP contribution in [0.15, 0.2) is 18.3 Å². The molecule has 2 aromatic rings. The maximum absolute atomic E-state index is 6.02. The Morgan fingerprint density at radius 3 is 2.75 bits per heavy atom. The van der Waals surface area contributed by atoms with E-state index in [9.17, 15) is 0 Å². The van der Waals surface area contributed by atoms with E-state index in [0.717, 1.165) is 35.1 Å². The first-order valence-electron chi connectivity index (χ1n) is 6.99. The average Bonchev–Trinajstić information content (AvgIpc) is 3.15. The number of nitrogens with zero attached hydrogens (tertiary/aromatic N) is 3. The standard InChI is InChI=1S/C15H20N4O/c1-10-6-14(20-15-7-11(2)18-19(15)3)12(8-16-10)9-17-13-4-5-13/h6-8,13,17H,4-5,9H2,1-3H3. The van der Waals surface area contributed by atoms with Crippen LogP contribution >= 0.6 is 0 Å². The Labute approximate surface area is 119 Å². The van der Waals surface area contributed by atoms with Crippen LogP contribution < -0.4 is 10.1 Å². The summed E-state index contributed by atoms with van der Waals surface area (Å²) < 4.78 is 7.77. The number of hydrogen-bond acceptors (Lipinski definition) is 4. The number of aryl methyl sites for hydroxylation is 3. The monoisotopic (exact) mass is 272 g/mol. The van der Waals surface area contributed by atoms with E-state index in [1.54, 1.807) is 4.68 Å². The Bertz CT molecular complexity index is 616. The molecule has 1 aliphatic rings. The minimum absolute atomic E-state index is 0.670. The lowest BCUT2D eigenvalue weighted by atomic mass is 10.2. The highest BCUT2D eigenvalue weighted by Crippen LogP contribution is 2.27. The zero-order valence-electron chi connectivity index (χ0n) is 12.2. The summed E-state index contributed by atoms with van der Waals surface area (Å²) in [7, 11) is 1.89. The SMILES string of the molecule is Cc1cc(Oc2cc(C)nn2C)c(CNC2CC2)cn1. The number of ether oxygens (including phenoxy) is 1. The van der Waals surface area contributed by atoms with Gasteiger partial charge in [-0.2, -0.15) is 5.10 Å². The Morgan fingerprint density at radius 1 is 1.30 bits per heavy atom. The highest BCUT2D eigenvalue weighted by atomic mass is 16.5. The summed E-state index contributed by atoms with van der Waals surface area (Å²) in [5.74, 6) is 1.61. The van der Waals surface area contributed by atoms with Crippen LogP contribution in [0.25, 0.3) is 0 Å². The second kappa shape index (κ2) is 5.25. The summed E-state index contributed by atoms with van der Waals surface area (Å²) in [5.41, 5.74) is 2.99. The summed E-state index contributed by atoms with van der Waals surface area (Å²) in [6.45, 7) is 4.73. The van der Waals surface area contributed by atoms with Crippen molar-refractivity contribution in [2.75, 3.05) is 0 Å². The molecule has 106 valence electrons. The fourth-order valence-electron chi connectivity index (χ4n) is 2.13. The van der Waals surface area contributed by atoms with Gasteiger partial charge in [-0.1, -0.05) is 0 Å². The zero-order chi connectivity index (χ0) is 14.1. The van der Waals surface area contributed by atoms with E-state index >= 15 is 0 Å². The fraction of sp³-hybridized carbons (Fsp3) is 0.467. The summed E-state index contributed by atoms with van der Waals surface area (Å²) in [4.78, 5) is 4.36. The molecule has 0 saturated heterocycles. The predicted octanol–water partition coefficient (Wildman–Crippen LogP) is 2.48. The average molecular weight is 272 g/mol. The van der Waals surface area contributed by atoms with E-state index in [-0.39, 0.29) is 0 Å². The maximum Gasteiger partial charge on any atom is 0.217 e. The molecule has 1 fully saturated rings. The first-order chi connectivity index (χ1) is 9.61. The van der Waals surface area contributed by atoms with Crippen molar-refractivity contribution in [2.24, 2.45) is 7.05 Å². The van der Waals surface area contributed by atoms with Gasteiger partial charge in [-0.25, -0.2) is 4.68 Å². The van der Waals surface area contributed by atoms with Crippen molar-refractivity contribution in [3.8, 4) is 11.6 Å². The molecule has 0 unspecified atom stereocenters. The molecule has 0 aromatic carbocycles. The van der Waals surface area contributed by atoms with Gasteiger partial charge >= 0.3 is 0 Å². The molecule has 0 radical (unpaired) electrons. The molecule has 20 heavy (non-hydrogen) atoms. The number of aromatic nitrogens is 3. The molecule has 1 aliphatic carbocycles. The number of hydrogen-bond donors (Lipinski definition) is 1. The van der Waals surface area contributed by atoms with Crippen LogP contribution in [0.2, 0.25) is 0 Å². The van der Waals surface area contributed by atoms with E-state index in [4.69, 9.17) is 4.74 Å². The van der Waals surface area contributed by atoms with E-state index in [0.29, 0.717) is 6.04 Å². The van der Waals surface area contributed by atoms with Crippen LogP contribution in [0.1, 0.15) is 29.8 Å². The molecule has 1 saturated carbocycles. The summed E-state index contributed by atoms with van der Waals surface area (Å²) >= 11 is 0. The number of nitrogens with one attached hydrogen (secondary N) is 1. The van der Waals surface area contributed by atoms with Crippen molar-refractivity contribution in [3.05, 3.63) is 35.3 Å². The molecule has 0 spiro atoms. The molecule has 0 aliphatic heterocycles. The van der Waals surface area contributed by atoms with Crippen LogP contribution in [0.4, 0.5) is 0 Å². The molecular weight excluding hydrogens is 252 g/mol. The molecule has 2 aromatic heterocycles. The van der Waals surface area contributed by atoms with Crippen LogP contribution in [0.3, 0.4) is 0 Å². The van der Waals surface area contributed by atoms with Gasteiger partial charge in [0.2, 0.25) is 5.88 Å². The van der Waals surface area contributed by atoms with Crippen molar-refractivity contribution in [2.45, 2.75) is 39.3 Å². The van der Waals surface area contributed by atoms with E-state index in [1.165, 1.54) is 12.8 Å². The highest BCUT2D eigenvalue weighted by Gasteiger charge is 2.21. The van der Waals surface area contributed by atoms with Gasteiger partial charge in [-0.15, -0.1) is 0 Å². The smallest absolute Gasteiger partial charge is 0.217 e. The third-order valence-electron chi connectivity index (χ3n) is 3.41. The molecular formula is C15H20N4O. The van der Waals surface area contributed by atoms with E-state index < -0.39 is 0 Å².